The Balaban J connectivity index is 1.49. The molecule has 4 aromatic rings. The van der Waals surface area contributed by atoms with E-state index in [2.05, 4.69) is 34.9 Å². The molecule has 0 fully saturated rings. The molecule has 0 aliphatic carbocycles. The van der Waals surface area contributed by atoms with E-state index in [1.165, 1.54) is 12.4 Å². The standard InChI is InChI=1S/C20H17ClN8O3S/c21-14-10-24-17(25-11-14)5-8-33(30,31)28-20-27-26-18-15-4-2-7-23-19(15)32-12-16(29(18)20)13-3-1-6-22-9-13/h1-4,6-7,9-11,16H,5,8,12H2,(H,27,28)/t16-/m0/s1. The Hall–Kier alpha value is -3.64. The highest BCUT2D eigenvalue weighted by atomic mass is 35.5. The minimum Gasteiger partial charge on any atom is -0.475 e. The lowest BCUT2D eigenvalue weighted by molar-refractivity contribution is 0.271. The molecule has 168 valence electrons. The van der Waals surface area contributed by atoms with Crippen LogP contribution in [-0.4, -0.2) is 55.5 Å². The first-order chi connectivity index (χ1) is 16.0. The van der Waals surface area contributed by atoms with Crippen LogP contribution < -0.4 is 9.46 Å². The summed E-state index contributed by atoms with van der Waals surface area (Å²) in [6.07, 6.45) is 7.92. The third-order valence-corrected chi connectivity index (χ3v) is 6.41. The van der Waals surface area contributed by atoms with Crippen LogP contribution in [0.1, 0.15) is 17.4 Å². The summed E-state index contributed by atoms with van der Waals surface area (Å²) in [5.74, 6) is 1.01. The summed E-state index contributed by atoms with van der Waals surface area (Å²) >= 11 is 5.78. The number of fused-ring (bicyclic) bond motifs is 3. The van der Waals surface area contributed by atoms with Gasteiger partial charge in [-0.25, -0.2) is 23.4 Å². The van der Waals surface area contributed by atoms with Crippen LogP contribution in [-0.2, 0) is 16.4 Å². The van der Waals surface area contributed by atoms with Crippen LogP contribution in [0, 0.1) is 0 Å². The summed E-state index contributed by atoms with van der Waals surface area (Å²) in [7, 11) is -3.80. The second-order valence-electron chi connectivity index (χ2n) is 7.17. The molecule has 1 aliphatic heterocycles. The quantitative estimate of drug-likeness (QED) is 0.436. The number of hydrogen-bond acceptors (Lipinski definition) is 9. The Morgan fingerprint density at radius 1 is 1.09 bits per heavy atom. The second kappa shape index (κ2) is 8.71. The number of aromatic nitrogens is 7. The molecule has 5 heterocycles. The zero-order chi connectivity index (χ0) is 22.8. The number of sulfonamides is 1. The average Bonchev–Trinajstić information content (AvgIpc) is 3.14. The molecule has 4 aromatic heterocycles. The number of aryl methyl sites for hydroxylation is 1. The van der Waals surface area contributed by atoms with Crippen LogP contribution in [0.4, 0.5) is 5.95 Å². The number of rotatable bonds is 6. The van der Waals surface area contributed by atoms with Crippen molar-refractivity contribution in [3.63, 3.8) is 0 Å². The number of nitrogens with zero attached hydrogens (tertiary/aromatic N) is 7. The van der Waals surface area contributed by atoms with E-state index in [0.29, 0.717) is 28.1 Å². The van der Waals surface area contributed by atoms with E-state index in [1.54, 1.807) is 41.4 Å². The summed E-state index contributed by atoms with van der Waals surface area (Å²) < 4.78 is 35.9. The molecule has 1 N–H and O–H groups in total. The van der Waals surface area contributed by atoms with E-state index >= 15 is 0 Å². The second-order valence-corrected chi connectivity index (χ2v) is 9.45. The van der Waals surface area contributed by atoms with Crippen LogP contribution in [0.2, 0.25) is 5.02 Å². The molecule has 13 heteroatoms. The van der Waals surface area contributed by atoms with Gasteiger partial charge < -0.3 is 4.74 Å². The van der Waals surface area contributed by atoms with Crippen molar-refractivity contribution in [1.29, 1.82) is 0 Å². The molecule has 0 saturated carbocycles. The van der Waals surface area contributed by atoms with Gasteiger partial charge in [0.05, 0.1) is 22.4 Å². The van der Waals surface area contributed by atoms with Gasteiger partial charge in [0.25, 0.3) is 0 Å². The van der Waals surface area contributed by atoms with Gasteiger partial charge in [-0.15, -0.1) is 10.2 Å². The van der Waals surface area contributed by atoms with Crippen molar-refractivity contribution in [3.05, 3.63) is 71.7 Å². The van der Waals surface area contributed by atoms with E-state index in [9.17, 15) is 8.42 Å². The molecule has 0 bridgehead atoms. The third-order valence-electron chi connectivity index (χ3n) is 4.98. The zero-order valence-electron chi connectivity index (χ0n) is 17.0. The van der Waals surface area contributed by atoms with Crippen LogP contribution in [0.3, 0.4) is 0 Å². The number of ether oxygens (including phenoxy) is 1. The van der Waals surface area contributed by atoms with Crippen molar-refractivity contribution in [2.24, 2.45) is 0 Å². The highest BCUT2D eigenvalue weighted by molar-refractivity contribution is 7.92. The lowest BCUT2D eigenvalue weighted by atomic mass is 10.1. The molecule has 0 amide bonds. The Bertz CT molecular complexity index is 1380. The molecule has 5 rings (SSSR count). The van der Waals surface area contributed by atoms with Crippen LogP contribution in [0.25, 0.3) is 11.4 Å². The highest BCUT2D eigenvalue weighted by Crippen LogP contribution is 2.36. The number of nitrogens with one attached hydrogen (secondary N) is 1. The maximum absolute atomic E-state index is 12.9. The van der Waals surface area contributed by atoms with Gasteiger partial charge in [0.1, 0.15) is 12.4 Å². The molecule has 1 atom stereocenters. The molecule has 11 nitrogen and oxygen atoms in total. The van der Waals surface area contributed by atoms with Gasteiger partial charge in [-0.2, -0.15) is 0 Å². The van der Waals surface area contributed by atoms with Gasteiger partial charge in [0.15, 0.2) is 5.82 Å². The van der Waals surface area contributed by atoms with E-state index in [0.717, 1.165) is 5.56 Å². The van der Waals surface area contributed by atoms with Gasteiger partial charge in [-0.1, -0.05) is 17.7 Å². The van der Waals surface area contributed by atoms with Gasteiger partial charge in [0, 0.05) is 37.4 Å². The maximum Gasteiger partial charge on any atom is 0.239 e. The van der Waals surface area contributed by atoms with Gasteiger partial charge in [-0.3, -0.25) is 14.3 Å². The molecule has 0 radical (unpaired) electrons. The molecule has 33 heavy (non-hydrogen) atoms. The summed E-state index contributed by atoms with van der Waals surface area (Å²) in [6, 6.07) is 6.79. The van der Waals surface area contributed by atoms with Crippen molar-refractivity contribution in [2.45, 2.75) is 12.5 Å². The molecule has 0 aromatic carbocycles. The third kappa shape index (κ3) is 4.47. The molecule has 0 saturated heterocycles. The van der Waals surface area contributed by atoms with Crippen LogP contribution >= 0.6 is 11.6 Å². The largest absolute Gasteiger partial charge is 0.475 e. The fraction of sp³-hybridized carbons (Fsp3) is 0.200. The predicted molar refractivity (Wildman–Crippen MR) is 119 cm³/mol. The van der Waals surface area contributed by atoms with Crippen molar-refractivity contribution in [1.82, 2.24) is 34.7 Å². The van der Waals surface area contributed by atoms with Crippen molar-refractivity contribution in [2.75, 3.05) is 17.1 Å². The predicted octanol–water partition coefficient (Wildman–Crippen LogP) is 2.14. The summed E-state index contributed by atoms with van der Waals surface area (Å²) in [5, 5.41) is 8.77. The van der Waals surface area contributed by atoms with Crippen LogP contribution in [0.5, 0.6) is 5.88 Å². The molecular weight excluding hydrogens is 468 g/mol. The molecule has 0 spiro atoms. The molecule has 0 unspecified atom stereocenters. The first kappa shape index (κ1) is 21.2. The first-order valence-corrected chi connectivity index (χ1v) is 11.9. The van der Waals surface area contributed by atoms with E-state index < -0.39 is 16.1 Å². The Morgan fingerprint density at radius 3 is 2.70 bits per heavy atom. The van der Waals surface area contributed by atoms with E-state index in [-0.39, 0.29) is 24.7 Å². The topological polar surface area (TPSA) is 138 Å². The van der Waals surface area contributed by atoms with E-state index in [1.807, 2.05) is 6.07 Å². The van der Waals surface area contributed by atoms with E-state index in [4.69, 9.17) is 16.3 Å². The average molecular weight is 485 g/mol. The summed E-state index contributed by atoms with van der Waals surface area (Å²) in [4.78, 5) is 16.5. The van der Waals surface area contributed by atoms with Crippen LogP contribution in [0.15, 0.2) is 55.2 Å². The number of halogens is 1. The number of hydrogen-bond donors (Lipinski definition) is 1. The molecule has 1 aliphatic rings. The van der Waals surface area contributed by atoms with Gasteiger partial charge in [0.2, 0.25) is 21.9 Å². The van der Waals surface area contributed by atoms with Crippen molar-refractivity contribution < 1.29 is 13.2 Å². The monoisotopic (exact) mass is 484 g/mol. The first-order valence-electron chi connectivity index (χ1n) is 9.90. The molecular formula is C20H17ClN8O3S. The van der Waals surface area contributed by atoms with Gasteiger partial charge in [-0.05, 0) is 23.8 Å². The Morgan fingerprint density at radius 2 is 1.91 bits per heavy atom. The zero-order valence-corrected chi connectivity index (χ0v) is 18.6. The Kier molecular flexibility index (Phi) is 5.60. The normalized spacial score (nSPS) is 15.1. The Labute approximate surface area is 193 Å². The fourth-order valence-corrected chi connectivity index (χ4v) is 4.52. The minimum atomic E-state index is -3.80. The number of anilines is 1. The smallest absolute Gasteiger partial charge is 0.239 e. The van der Waals surface area contributed by atoms with Gasteiger partial charge >= 0.3 is 0 Å². The lowest BCUT2D eigenvalue weighted by Crippen LogP contribution is -2.24. The maximum atomic E-state index is 12.9. The summed E-state index contributed by atoms with van der Waals surface area (Å²) in [5.41, 5.74) is 1.41. The lowest BCUT2D eigenvalue weighted by Gasteiger charge is -2.19. The summed E-state index contributed by atoms with van der Waals surface area (Å²) in [6.45, 7) is 0.189. The highest BCUT2D eigenvalue weighted by Gasteiger charge is 2.31. The minimum absolute atomic E-state index is 0.0659. The number of pyridine rings is 2. The fourth-order valence-electron chi connectivity index (χ4n) is 3.45. The van der Waals surface area contributed by atoms with Crippen molar-refractivity contribution >= 4 is 27.6 Å². The SMILES string of the molecule is O=S(=O)(CCc1ncc(Cl)cn1)Nc1nnc2n1[C@H](c1cccnc1)COc1ncccc1-2. The van der Waals surface area contributed by atoms with Crippen molar-refractivity contribution in [3.8, 4) is 17.3 Å².